The maximum absolute atomic E-state index is 4.66. The number of benzene rings is 2. The Morgan fingerprint density at radius 3 is 1.91 bits per heavy atom. The second-order valence-electron chi connectivity index (χ2n) is 9.34. The Labute approximate surface area is 195 Å². The van der Waals surface area contributed by atoms with Crippen LogP contribution in [0.15, 0.2) is 97.6 Å². The van der Waals surface area contributed by atoms with Crippen molar-refractivity contribution in [2.75, 3.05) is 31.1 Å². The van der Waals surface area contributed by atoms with E-state index >= 15 is 0 Å². The Morgan fingerprint density at radius 1 is 0.636 bits per heavy atom. The Morgan fingerprint density at radius 2 is 1.24 bits per heavy atom. The molecule has 0 aliphatic carbocycles. The van der Waals surface area contributed by atoms with Gasteiger partial charge < -0.3 is 4.90 Å². The van der Waals surface area contributed by atoms with Gasteiger partial charge in [-0.15, -0.1) is 0 Å². The topological polar surface area (TPSA) is 29.0 Å². The van der Waals surface area contributed by atoms with E-state index < -0.39 is 0 Å². The largest absolute Gasteiger partial charge is 0.361 e. The van der Waals surface area contributed by atoms with Crippen molar-refractivity contribution in [3.05, 3.63) is 97.6 Å². The second-order valence-corrected chi connectivity index (χ2v) is 9.34. The molecule has 4 aromatic rings. The van der Waals surface area contributed by atoms with Gasteiger partial charge >= 0.3 is 0 Å². The van der Waals surface area contributed by atoms with Gasteiger partial charge in [-0.2, -0.15) is 0 Å². The van der Waals surface area contributed by atoms with Crippen LogP contribution in [0.5, 0.6) is 0 Å². The average Bonchev–Trinajstić information content (AvgIpc) is 3.21. The molecule has 164 valence electrons. The molecule has 3 saturated heterocycles. The van der Waals surface area contributed by atoms with Crippen LogP contribution in [0.3, 0.4) is 0 Å². The normalized spacial score (nSPS) is 22.2. The molecule has 2 aromatic heterocycles. The number of hydrogen-bond donors (Lipinski definition) is 0. The van der Waals surface area contributed by atoms with Gasteiger partial charge in [-0.3, -0.25) is 14.5 Å². The van der Waals surface area contributed by atoms with Crippen molar-refractivity contribution < 1.29 is 0 Å². The maximum atomic E-state index is 4.66. The van der Waals surface area contributed by atoms with E-state index in [1.54, 1.807) is 0 Å². The lowest BCUT2D eigenvalue weighted by Crippen LogP contribution is -2.54. The molecule has 33 heavy (non-hydrogen) atoms. The number of hydrogen-bond acceptors (Lipinski definition) is 3. The predicted molar refractivity (Wildman–Crippen MR) is 136 cm³/mol. The van der Waals surface area contributed by atoms with Gasteiger partial charge in [0.05, 0.1) is 37.7 Å². The molecular formula is C29H29N4+. The summed E-state index contributed by atoms with van der Waals surface area (Å²) in [6, 6.07) is 26.4. The molecule has 0 unspecified atom stereocenters. The van der Waals surface area contributed by atoms with E-state index in [1.165, 1.54) is 59.6 Å². The molecule has 3 fully saturated rings. The molecule has 0 atom stereocenters. The molecule has 0 saturated carbocycles. The first kappa shape index (κ1) is 20.1. The van der Waals surface area contributed by atoms with Crippen molar-refractivity contribution in [3.8, 4) is 22.3 Å². The molecule has 3 aliphatic rings. The van der Waals surface area contributed by atoms with Crippen LogP contribution in [0.2, 0.25) is 0 Å². The summed E-state index contributed by atoms with van der Waals surface area (Å²) in [7, 11) is 0. The quantitative estimate of drug-likeness (QED) is 0.381. The molecular weight excluding hydrogens is 404 g/mol. The van der Waals surface area contributed by atoms with Gasteiger partial charge in [0.2, 0.25) is 0 Å². The molecule has 0 N–H and O–H groups in total. The zero-order valence-corrected chi connectivity index (χ0v) is 18.8. The Kier molecular flexibility index (Phi) is 5.16. The van der Waals surface area contributed by atoms with Crippen LogP contribution in [0.1, 0.15) is 12.8 Å². The van der Waals surface area contributed by atoms with Crippen molar-refractivity contribution in [2.45, 2.75) is 18.9 Å². The zero-order valence-electron chi connectivity index (χ0n) is 18.8. The third-order valence-corrected chi connectivity index (χ3v) is 7.53. The van der Waals surface area contributed by atoms with Gasteiger partial charge in [-0.05, 0) is 17.2 Å². The number of anilines is 1. The lowest BCUT2D eigenvalue weighted by molar-refractivity contribution is 0.248. The fourth-order valence-electron chi connectivity index (χ4n) is 5.64. The van der Waals surface area contributed by atoms with E-state index in [1.807, 2.05) is 18.6 Å². The van der Waals surface area contributed by atoms with Crippen LogP contribution in [0, 0.1) is 0 Å². The van der Waals surface area contributed by atoms with Crippen molar-refractivity contribution in [1.82, 2.24) is 14.5 Å². The lowest BCUT2D eigenvalue weighted by Gasteiger charge is -2.40. The highest BCUT2D eigenvalue weighted by atomic mass is 15.4. The van der Waals surface area contributed by atoms with Crippen LogP contribution in [-0.4, -0.2) is 42.2 Å². The van der Waals surface area contributed by atoms with E-state index in [2.05, 4.69) is 93.9 Å². The minimum Gasteiger partial charge on any atom is -0.361 e. The van der Waals surface area contributed by atoms with Crippen LogP contribution in [0.4, 0.5) is 11.4 Å². The molecule has 2 bridgehead atoms. The molecule has 0 radical (unpaired) electrons. The molecule has 5 heterocycles. The summed E-state index contributed by atoms with van der Waals surface area (Å²) >= 11 is 0. The van der Waals surface area contributed by atoms with Gasteiger partial charge in [0.15, 0.2) is 5.69 Å². The van der Waals surface area contributed by atoms with Crippen LogP contribution >= 0.6 is 0 Å². The smallest absolute Gasteiger partial charge is 0.152 e. The molecule has 0 amide bonds. The molecule has 3 aliphatic heterocycles. The van der Waals surface area contributed by atoms with Crippen molar-refractivity contribution in [3.63, 3.8) is 0 Å². The first-order valence-corrected chi connectivity index (χ1v) is 12.0. The van der Waals surface area contributed by atoms with Gasteiger partial charge in [0.1, 0.15) is 6.54 Å². The highest BCUT2D eigenvalue weighted by Gasteiger charge is 2.42. The molecule has 7 rings (SSSR count). The first-order valence-electron chi connectivity index (χ1n) is 12.0. The molecule has 4 nitrogen and oxygen atoms in total. The highest BCUT2D eigenvalue weighted by Crippen LogP contribution is 2.37. The highest BCUT2D eigenvalue weighted by molar-refractivity contribution is 5.68. The molecule has 4 heteroatoms. The van der Waals surface area contributed by atoms with Gasteiger partial charge in [-0.25, -0.2) is 0 Å². The van der Waals surface area contributed by atoms with Gasteiger partial charge in [0, 0.05) is 48.5 Å². The number of aromatic nitrogens is 2. The summed E-state index contributed by atoms with van der Waals surface area (Å²) in [4.78, 5) is 11.9. The number of rotatable bonds is 4. The van der Waals surface area contributed by atoms with Crippen molar-refractivity contribution in [2.24, 2.45) is 0 Å². The van der Waals surface area contributed by atoms with Crippen molar-refractivity contribution >= 4 is 11.4 Å². The predicted octanol–water partition coefficient (Wildman–Crippen LogP) is 5.80. The van der Waals surface area contributed by atoms with Crippen LogP contribution in [-0.2, 0) is 0 Å². The minimum atomic E-state index is 0.580. The van der Waals surface area contributed by atoms with E-state index in [4.69, 9.17) is 0 Å². The fraction of sp³-hybridized carbons (Fsp3) is 0.241. The SMILES string of the molecule is c1ccc(-c2cncc(N3CC[N+]4(c5cncc(-c6ccccc6)c5)CCC3CC4)c2)cc1. The summed E-state index contributed by atoms with van der Waals surface area (Å²) in [5.41, 5.74) is 7.47. The van der Waals surface area contributed by atoms with Crippen molar-refractivity contribution in [1.29, 1.82) is 0 Å². The zero-order chi connectivity index (χ0) is 22.1. The molecule has 2 aromatic carbocycles. The third kappa shape index (κ3) is 3.81. The van der Waals surface area contributed by atoms with E-state index in [-0.39, 0.29) is 0 Å². The number of nitrogens with zero attached hydrogens (tertiary/aromatic N) is 4. The van der Waals surface area contributed by atoms with Gasteiger partial charge in [0.25, 0.3) is 0 Å². The van der Waals surface area contributed by atoms with Crippen LogP contribution in [0.25, 0.3) is 22.3 Å². The summed E-state index contributed by atoms with van der Waals surface area (Å²) in [6.07, 6.45) is 10.5. The van der Waals surface area contributed by atoms with Gasteiger partial charge in [-0.1, -0.05) is 60.7 Å². The van der Waals surface area contributed by atoms with Crippen LogP contribution < -0.4 is 9.38 Å². The molecule has 0 spiro atoms. The first-order chi connectivity index (χ1) is 16.3. The summed E-state index contributed by atoms with van der Waals surface area (Å²) < 4.78 is 1.03. The number of quaternary nitrogens is 1. The number of fused-ring (bicyclic) bond motifs is 4. The second kappa shape index (κ2) is 8.45. The Bertz CT molecular complexity index is 1230. The van der Waals surface area contributed by atoms with E-state index in [0.29, 0.717) is 6.04 Å². The number of piperidine rings is 1. The summed E-state index contributed by atoms with van der Waals surface area (Å²) in [5.74, 6) is 0. The summed E-state index contributed by atoms with van der Waals surface area (Å²) in [5, 5.41) is 0. The summed E-state index contributed by atoms with van der Waals surface area (Å²) in [6.45, 7) is 4.49. The Balaban J connectivity index is 1.29. The third-order valence-electron chi connectivity index (χ3n) is 7.53. The fourth-order valence-corrected chi connectivity index (χ4v) is 5.64. The lowest BCUT2D eigenvalue weighted by atomic mass is 10.0. The van der Waals surface area contributed by atoms with E-state index in [9.17, 15) is 0 Å². The average molecular weight is 434 g/mol. The standard InChI is InChI=1S/C29H29N4/c1-3-7-23(8-4-1)25-17-28(21-30-19-25)32-13-16-33(14-11-27(32)12-15-33)29-18-26(20-31-22-29)24-9-5-2-6-10-24/h1-10,17-22,27H,11-16H2/q+1. The minimum absolute atomic E-state index is 0.580. The maximum Gasteiger partial charge on any atom is 0.152 e. The number of pyridine rings is 2. The monoisotopic (exact) mass is 433 g/mol. The Hall–Kier alpha value is -3.50. The van der Waals surface area contributed by atoms with E-state index in [0.717, 1.165) is 17.6 Å².